The molecule has 7 heteroatoms. The van der Waals surface area contributed by atoms with Gasteiger partial charge in [-0.1, -0.05) is 13.8 Å². The second-order valence-electron chi connectivity index (χ2n) is 5.62. The van der Waals surface area contributed by atoms with E-state index in [1.165, 1.54) is 11.3 Å². The zero-order valence-corrected chi connectivity index (χ0v) is 15.3. The lowest BCUT2D eigenvalue weighted by Gasteiger charge is -2.22. The molecule has 1 fully saturated rings. The topological polar surface area (TPSA) is 49.4 Å². The summed E-state index contributed by atoms with van der Waals surface area (Å²) in [6, 6.07) is 4.30. The monoisotopic (exact) mass is 348 g/mol. The molecule has 1 aliphatic heterocycles. The highest BCUT2D eigenvalue weighted by Gasteiger charge is 2.31. The summed E-state index contributed by atoms with van der Waals surface area (Å²) in [6.45, 7) is 5.10. The Hall–Kier alpha value is -0.0800. The summed E-state index contributed by atoms with van der Waals surface area (Å²) < 4.78 is 27.3. The fraction of sp³-hybridized carbons (Fsp3) is 0.714. The maximum Gasteiger partial charge on any atom is 0.252 e. The number of hydrogen-bond acceptors (Lipinski definition) is 5. The zero-order valence-electron chi connectivity index (χ0n) is 12.8. The van der Waals surface area contributed by atoms with E-state index in [1.54, 1.807) is 17.4 Å². The number of sulfonamides is 1. The highest BCUT2D eigenvalue weighted by Crippen LogP contribution is 2.29. The van der Waals surface area contributed by atoms with Crippen LogP contribution in [0.1, 0.15) is 25.1 Å². The average molecular weight is 349 g/mol. The summed E-state index contributed by atoms with van der Waals surface area (Å²) >= 11 is 3.23. The Bertz CT molecular complexity index is 548. The molecule has 1 unspecified atom stereocenters. The van der Waals surface area contributed by atoms with Gasteiger partial charge in [0.25, 0.3) is 10.0 Å². The number of hydrogen-bond donors (Lipinski definition) is 1. The van der Waals surface area contributed by atoms with Crippen molar-refractivity contribution in [1.29, 1.82) is 0 Å². The van der Waals surface area contributed by atoms with Gasteiger partial charge in [-0.3, -0.25) is 0 Å². The summed E-state index contributed by atoms with van der Waals surface area (Å²) in [5.41, 5.74) is 0. The molecule has 0 radical (unpaired) electrons. The molecule has 0 amide bonds. The van der Waals surface area contributed by atoms with Gasteiger partial charge >= 0.3 is 0 Å². The first-order chi connectivity index (χ1) is 9.91. The molecule has 0 aromatic carbocycles. The molecule has 0 spiro atoms. The Morgan fingerprint density at radius 1 is 1.43 bits per heavy atom. The van der Waals surface area contributed by atoms with Crippen molar-refractivity contribution in [1.82, 2.24) is 9.62 Å². The van der Waals surface area contributed by atoms with Crippen LogP contribution in [0, 0.1) is 0 Å². The molecule has 0 saturated carbocycles. The Balaban J connectivity index is 2.01. The second kappa shape index (κ2) is 7.46. The minimum atomic E-state index is -3.32. The van der Waals surface area contributed by atoms with E-state index in [-0.39, 0.29) is 6.04 Å². The Labute approximate surface area is 136 Å². The van der Waals surface area contributed by atoms with Crippen LogP contribution in [-0.4, -0.2) is 49.9 Å². The molecule has 1 saturated heterocycles. The molecule has 120 valence electrons. The van der Waals surface area contributed by atoms with Crippen LogP contribution >= 0.6 is 23.1 Å². The van der Waals surface area contributed by atoms with Gasteiger partial charge in [0.2, 0.25) is 0 Å². The van der Waals surface area contributed by atoms with Crippen molar-refractivity contribution in [3.8, 4) is 0 Å². The number of thiophene rings is 1. The van der Waals surface area contributed by atoms with Gasteiger partial charge in [-0.15, -0.1) is 11.3 Å². The predicted octanol–water partition coefficient (Wildman–Crippen LogP) is 2.41. The molecule has 1 aromatic rings. The molecule has 21 heavy (non-hydrogen) atoms. The van der Waals surface area contributed by atoms with E-state index < -0.39 is 10.0 Å². The minimum absolute atomic E-state index is 0.146. The van der Waals surface area contributed by atoms with E-state index in [9.17, 15) is 8.42 Å². The van der Waals surface area contributed by atoms with Crippen LogP contribution in [0.3, 0.4) is 0 Å². The van der Waals surface area contributed by atoms with Gasteiger partial charge in [0.1, 0.15) is 4.21 Å². The van der Waals surface area contributed by atoms with Gasteiger partial charge in [-0.2, -0.15) is 16.1 Å². The van der Waals surface area contributed by atoms with E-state index in [0.717, 1.165) is 35.8 Å². The summed E-state index contributed by atoms with van der Waals surface area (Å²) in [5.74, 6) is 1.97. The van der Waals surface area contributed by atoms with E-state index in [4.69, 9.17) is 0 Å². The zero-order chi connectivity index (χ0) is 15.5. The third-order valence-electron chi connectivity index (χ3n) is 3.61. The second-order valence-corrected chi connectivity index (χ2v) is 10.2. The molecule has 2 heterocycles. The lowest BCUT2D eigenvalue weighted by molar-refractivity contribution is 0.396. The molecule has 2 rings (SSSR count). The third kappa shape index (κ3) is 4.45. The van der Waals surface area contributed by atoms with Crippen molar-refractivity contribution < 1.29 is 8.42 Å². The van der Waals surface area contributed by atoms with Crippen LogP contribution in [0.5, 0.6) is 0 Å². The quantitative estimate of drug-likeness (QED) is 0.822. The predicted molar refractivity (Wildman–Crippen MR) is 91.8 cm³/mol. The summed E-state index contributed by atoms with van der Waals surface area (Å²) in [6.07, 6.45) is 1.83. The maximum atomic E-state index is 12.6. The minimum Gasteiger partial charge on any atom is -0.314 e. The van der Waals surface area contributed by atoms with Gasteiger partial charge in [0.15, 0.2) is 0 Å². The van der Waals surface area contributed by atoms with E-state index >= 15 is 0 Å². The smallest absolute Gasteiger partial charge is 0.252 e. The van der Waals surface area contributed by atoms with Crippen molar-refractivity contribution >= 4 is 33.1 Å². The molecular formula is C14H24N2O2S3. The lowest BCUT2D eigenvalue weighted by atomic mass is 10.3. The summed E-state index contributed by atoms with van der Waals surface area (Å²) in [5, 5.41) is 3.35. The summed E-state index contributed by atoms with van der Waals surface area (Å²) in [4.78, 5) is 1.12. The van der Waals surface area contributed by atoms with Crippen LogP contribution in [0.15, 0.2) is 16.3 Å². The Morgan fingerprint density at radius 2 is 2.19 bits per heavy atom. The molecule has 0 aliphatic carbocycles. The summed E-state index contributed by atoms with van der Waals surface area (Å²) in [7, 11) is -1.61. The van der Waals surface area contributed by atoms with Gasteiger partial charge < -0.3 is 5.32 Å². The normalized spacial score (nSPS) is 19.8. The number of nitrogens with zero attached hydrogens (tertiary/aromatic N) is 1. The first-order valence-electron chi connectivity index (χ1n) is 7.29. The lowest BCUT2D eigenvalue weighted by Crippen LogP contribution is -2.36. The van der Waals surface area contributed by atoms with Gasteiger partial charge in [-0.05, 0) is 30.7 Å². The number of rotatable bonds is 7. The van der Waals surface area contributed by atoms with E-state index in [1.807, 2.05) is 17.8 Å². The fourth-order valence-corrected chi connectivity index (χ4v) is 6.55. The molecule has 0 bridgehead atoms. The molecule has 4 nitrogen and oxygen atoms in total. The van der Waals surface area contributed by atoms with Crippen molar-refractivity contribution in [3.63, 3.8) is 0 Å². The van der Waals surface area contributed by atoms with Crippen molar-refractivity contribution in [3.05, 3.63) is 17.0 Å². The highest BCUT2D eigenvalue weighted by atomic mass is 32.2. The van der Waals surface area contributed by atoms with Crippen LogP contribution in [0.25, 0.3) is 0 Å². The molecule has 1 aliphatic rings. The van der Waals surface area contributed by atoms with Crippen molar-refractivity contribution in [2.24, 2.45) is 0 Å². The average Bonchev–Trinajstić information content (AvgIpc) is 3.08. The highest BCUT2D eigenvalue weighted by molar-refractivity contribution is 7.99. The fourth-order valence-electron chi connectivity index (χ4n) is 2.26. The van der Waals surface area contributed by atoms with E-state index in [0.29, 0.717) is 10.3 Å². The van der Waals surface area contributed by atoms with Crippen molar-refractivity contribution in [2.75, 3.05) is 25.1 Å². The largest absolute Gasteiger partial charge is 0.314 e. The van der Waals surface area contributed by atoms with Crippen molar-refractivity contribution in [2.45, 2.75) is 43.0 Å². The standard InChI is InChI=1S/C14H24N2O2S3/c1-11(2)15-8-6-13-4-5-14(20-13)21(17,18)16(3)12-7-9-19-10-12/h4-5,11-12,15H,6-10H2,1-3H3. The van der Waals surface area contributed by atoms with Crippen LogP contribution in [-0.2, 0) is 16.4 Å². The third-order valence-corrected chi connectivity index (χ3v) is 8.28. The molecule has 1 aromatic heterocycles. The van der Waals surface area contributed by atoms with Gasteiger partial charge in [0.05, 0.1) is 0 Å². The molecule has 1 atom stereocenters. The number of nitrogens with one attached hydrogen (secondary N) is 1. The Morgan fingerprint density at radius 3 is 2.81 bits per heavy atom. The van der Waals surface area contributed by atoms with E-state index in [2.05, 4.69) is 19.2 Å². The molecule has 1 N–H and O–H groups in total. The first kappa shape index (κ1) is 17.3. The maximum absolute atomic E-state index is 12.6. The molecular weight excluding hydrogens is 324 g/mol. The van der Waals surface area contributed by atoms with Gasteiger partial charge in [0, 0.05) is 36.3 Å². The van der Waals surface area contributed by atoms with Crippen LogP contribution in [0.2, 0.25) is 0 Å². The van der Waals surface area contributed by atoms with Crippen LogP contribution in [0.4, 0.5) is 0 Å². The van der Waals surface area contributed by atoms with Gasteiger partial charge in [-0.25, -0.2) is 8.42 Å². The Kier molecular flexibility index (Phi) is 6.14. The first-order valence-corrected chi connectivity index (χ1v) is 10.7. The van der Waals surface area contributed by atoms with Crippen LogP contribution < -0.4 is 5.32 Å². The number of thioether (sulfide) groups is 1. The SMILES string of the molecule is CC(C)NCCc1ccc(S(=O)(=O)N(C)C2CCSC2)s1.